The molecule has 2 atom stereocenters. The Morgan fingerprint density at radius 1 is 1.30 bits per heavy atom. The number of nitrogens with two attached hydrogens (primary N) is 1. The highest BCUT2D eigenvalue weighted by Crippen LogP contribution is 2.35. The third kappa shape index (κ3) is 3.07. The summed E-state index contributed by atoms with van der Waals surface area (Å²) in [5, 5.41) is 0. The molecule has 0 bridgehead atoms. The summed E-state index contributed by atoms with van der Waals surface area (Å²) in [5.74, 6) is 1.71. The monoisotopic (exact) mass is 278 g/mol. The van der Waals surface area contributed by atoms with Gasteiger partial charge in [0.2, 0.25) is 0 Å². The van der Waals surface area contributed by atoms with Crippen LogP contribution >= 0.6 is 0 Å². The fourth-order valence-corrected chi connectivity index (χ4v) is 3.13. The van der Waals surface area contributed by atoms with Gasteiger partial charge in [0, 0.05) is 30.3 Å². The number of hydrogen-bond donors (Lipinski definition) is 1. The van der Waals surface area contributed by atoms with E-state index in [1.807, 2.05) is 12.1 Å². The standard InChI is InChI=1S/C16H26N2O2/c1-12(18-9-5-4-6-13(18)11-17)15-8-7-14(19-2)10-16(15)20-3/h7-8,10,12-13H,4-6,9,11,17H2,1-3H3. The van der Waals surface area contributed by atoms with Crippen molar-refractivity contribution in [3.05, 3.63) is 23.8 Å². The second kappa shape index (κ2) is 6.95. The zero-order valence-corrected chi connectivity index (χ0v) is 12.8. The lowest BCUT2D eigenvalue weighted by atomic mass is 9.96. The Labute approximate surface area is 121 Å². The van der Waals surface area contributed by atoms with Crippen molar-refractivity contribution in [1.29, 1.82) is 0 Å². The summed E-state index contributed by atoms with van der Waals surface area (Å²) in [6, 6.07) is 6.84. The van der Waals surface area contributed by atoms with Crippen LogP contribution in [0.15, 0.2) is 18.2 Å². The fraction of sp³-hybridized carbons (Fsp3) is 0.625. The predicted octanol–water partition coefficient (Wildman–Crippen LogP) is 2.58. The molecule has 20 heavy (non-hydrogen) atoms. The van der Waals surface area contributed by atoms with Crippen LogP contribution in [0.3, 0.4) is 0 Å². The number of methoxy groups -OCH3 is 2. The zero-order valence-electron chi connectivity index (χ0n) is 12.8. The van der Waals surface area contributed by atoms with Gasteiger partial charge < -0.3 is 15.2 Å². The first-order valence-corrected chi connectivity index (χ1v) is 7.39. The lowest BCUT2D eigenvalue weighted by Crippen LogP contribution is -2.45. The van der Waals surface area contributed by atoms with Crippen LogP contribution in [0.2, 0.25) is 0 Å². The predicted molar refractivity (Wildman–Crippen MR) is 81.4 cm³/mol. The van der Waals surface area contributed by atoms with Crippen LogP contribution in [0.5, 0.6) is 11.5 Å². The lowest BCUT2D eigenvalue weighted by Gasteiger charge is -2.39. The molecular formula is C16H26N2O2. The maximum atomic E-state index is 5.93. The van der Waals surface area contributed by atoms with Crippen molar-refractivity contribution in [2.75, 3.05) is 27.3 Å². The van der Waals surface area contributed by atoms with Gasteiger partial charge in [-0.15, -0.1) is 0 Å². The molecule has 0 aliphatic carbocycles. The van der Waals surface area contributed by atoms with E-state index in [0.29, 0.717) is 12.1 Å². The number of rotatable bonds is 5. The summed E-state index contributed by atoms with van der Waals surface area (Å²) in [6.07, 6.45) is 3.73. The quantitative estimate of drug-likeness (QED) is 0.899. The number of piperidine rings is 1. The van der Waals surface area contributed by atoms with Crippen molar-refractivity contribution in [2.45, 2.75) is 38.3 Å². The molecule has 1 heterocycles. The molecule has 1 aromatic carbocycles. The van der Waals surface area contributed by atoms with Gasteiger partial charge in [0.25, 0.3) is 0 Å². The summed E-state index contributed by atoms with van der Waals surface area (Å²) < 4.78 is 10.8. The van der Waals surface area contributed by atoms with Crippen LogP contribution < -0.4 is 15.2 Å². The average Bonchev–Trinajstić information content (AvgIpc) is 2.53. The molecule has 0 saturated carbocycles. The van der Waals surface area contributed by atoms with Crippen LogP contribution in [0.25, 0.3) is 0 Å². The highest BCUT2D eigenvalue weighted by atomic mass is 16.5. The third-order valence-corrected chi connectivity index (χ3v) is 4.33. The van der Waals surface area contributed by atoms with Gasteiger partial charge in [-0.1, -0.05) is 12.5 Å². The van der Waals surface area contributed by atoms with E-state index in [1.54, 1.807) is 14.2 Å². The molecule has 4 heteroatoms. The third-order valence-electron chi connectivity index (χ3n) is 4.33. The number of likely N-dealkylation sites (tertiary alicyclic amines) is 1. The minimum Gasteiger partial charge on any atom is -0.497 e. The molecule has 0 amide bonds. The van der Waals surface area contributed by atoms with Gasteiger partial charge in [0.05, 0.1) is 14.2 Å². The van der Waals surface area contributed by atoms with Crippen molar-refractivity contribution >= 4 is 0 Å². The maximum Gasteiger partial charge on any atom is 0.127 e. The van der Waals surface area contributed by atoms with Crippen molar-refractivity contribution < 1.29 is 9.47 Å². The maximum absolute atomic E-state index is 5.93. The second-order valence-corrected chi connectivity index (χ2v) is 5.41. The van der Waals surface area contributed by atoms with E-state index in [2.05, 4.69) is 17.9 Å². The van der Waals surface area contributed by atoms with Gasteiger partial charge in [-0.3, -0.25) is 4.90 Å². The van der Waals surface area contributed by atoms with Gasteiger partial charge >= 0.3 is 0 Å². The van der Waals surface area contributed by atoms with E-state index in [-0.39, 0.29) is 0 Å². The van der Waals surface area contributed by atoms with Gasteiger partial charge in [0.1, 0.15) is 11.5 Å². The Hall–Kier alpha value is -1.26. The zero-order chi connectivity index (χ0) is 14.5. The van der Waals surface area contributed by atoms with Gasteiger partial charge in [-0.2, -0.15) is 0 Å². The molecule has 0 aromatic heterocycles. The smallest absolute Gasteiger partial charge is 0.127 e. The molecule has 2 unspecified atom stereocenters. The van der Waals surface area contributed by atoms with Crippen molar-refractivity contribution in [2.24, 2.45) is 5.73 Å². The summed E-state index contributed by atoms with van der Waals surface area (Å²) in [6.45, 7) is 4.07. The van der Waals surface area contributed by atoms with Crippen LogP contribution in [0.4, 0.5) is 0 Å². The van der Waals surface area contributed by atoms with E-state index in [1.165, 1.54) is 24.8 Å². The Morgan fingerprint density at radius 3 is 2.75 bits per heavy atom. The summed E-state index contributed by atoms with van der Waals surface area (Å²) in [4.78, 5) is 2.51. The Bertz CT molecular complexity index is 436. The van der Waals surface area contributed by atoms with Crippen LogP contribution in [0, 0.1) is 0 Å². The Balaban J connectivity index is 2.25. The summed E-state index contributed by atoms with van der Waals surface area (Å²) in [7, 11) is 3.38. The van der Waals surface area contributed by atoms with E-state index in [0.717, 1.165) is 24.6 Å². The van der Waals surface area contributed by atoms with Gasteiger partial charge in [0.15, 0.2) is 0 Å². The number of nitrogens with zero attached hydrogens (tertiary/aromatic N) is 1. The van der Waals surface area contributed by atoms with Gasteiger partial charge in [-0.25, -0.2) is 0 Å². The Morgan fingerprint density at radius 2 is 2.10 bits per heavy atom. The molecule has 2 N–H and O–H groups in total. The number of benzene rings is 1. The normalized spacial score (nSPS) is 21.5. The first kappa shape index (κ1) is 15.1. The highest BCUT2D eigenvalue weighted by molar-refractivity contribution is 5.42. The van der Waals surface area contributed by atoms with Crippen molar-refractivity contribution in [3.8, 4) is 11.5 Å². The number of hydrogen-bond acceptors (Lipinski definition) is 4. The molecule has 1 saturated heterocycles. The van der Waals surface area contributed by atoms with Crippen LogP contribution in [-0.4, -0.2) is 38.3 Å². The largest absolute Gasteiger partial charge is 0.497 e. The molecule has 1 fully saturated rings. The fourth-order valence-electron chi connectivity index (χ4n) is 3.13. The highest BCUT2D eigenvalue weighted by Gasteiger charge is 2.27. The summed E-state index contributed by atoms with van der Waals surface area (Å²) >= 11 is 0. The molecular weight excluding hydrogens is 252 g/mol. The van der Waals surface area contributed by atoms with Gasteiger partial charge in [-0.05, 0) is 32.4 Å². The first-order valence-electron chi connectivity index (χ1n) is 7.39. The van der Waals surface area contributed by atoms with Crippen molar-refractivity contribution in [3.63, 3.8) is 0 Å². The lowest BCUT2D eigenvalue weighted by molar-refractivity contribution is 0.106. The molecule has 4 nitrogen and oxygen atoms in total. The molecule has 1 aromatic rings. The van der Waals surface area contributed by atoms with Crippen LogP contribution in [-0.2, 0) is 0 Å². The summed E-state index contributed by atoms with van der Waals surface area (Å²) in [5.41, 5.74) is 7.14. The van der Waals surface area contributed by atoms with E-state index < -0.39 is 0 Å². The van der Waals surface area contributed by atoms with Crippen molar-refractivity contribution in [1.82, 2.24) is 4.90 Å². The minimum atomic E-state index is 0.310. The molecule has 2 rings (SSSR count). The molecule has 112 valence electrons. The number of ether oxygens (including phenoxy) is 2. The van der Waals surface area contributed by atoms with E-state index in [4.69, 9.17) is 15.2 Å². The van der Waals surface area contributed by atoms with E-state index in [9.17, 15) is 0 Å². The molecule has 1 aliphatic heterocycles. The van der Waals surface area contributed by atoms with Crippen LogP contribution in [0.1, 0.15) is 37.8 Å². The molecule has 1 aliphatic rings. The minimum absolute atomic E-state index is 0.310. The molecule has 0 radical (unpaired) electrons. The SMILES string of the molecule is COc1ccc(C(C)N2CCCCC2CN)c(OC)c1. The molecule has 0 spiro atoms. The average molecular weight is 278 g/mol. The first-order chi connectivity index (χ1) is 9.71. The topological polar surface area (TPSA) is 47.7 Å². The second-order valence-electron chi connectivity index (χ2n) is 5.41. The Kier molecular flexibility index (Phi) is 5.26. The van der Waals surface area contributed by atoms with E-state index >= 15 is 0 Å².